The number of fused-ring (bicyclic) bond motifs is 1. The number of rotatable bonds is 3. The highest BCUT2D eigenvalue weighted by Gasteiger charge is 2.44. The van der Waals surface area contributed by atoms with Crippen LogP contribution in [-0.4, -0.2) is 35.4 Å². The van der Waals surface area contributed by atoms with Gasteiger partial charge in [0.15, 0.2) is 0 Å². The monoisotopic (exact) mass is 348 g/mol. The number of esters is 2. The van der Waals surface area contributed by atoms with E-state index in [-0.39, 0.29) is 11.9 Å². The van der Waals surface area contributed by atoms with Gasteiger partial charge in [0, 0.05) is 18.4 Å². The van der Waals surface area contributed by atoms with E-state index in [1.807, 2.05) is 33.8 Å². The van der Waals surface area contributed by atoms with Crippen molar-refractivity contribution in [3.05, 3.63) is 35.5 Å². The molecule has 1 heterocycles. The highest BCUT2D eigenvalue weighted by molar-refractivity contribution is 5.91. The molecule has 0 saturated carbocycles. The molecule has 4 atom stereocenters. The summed E-state index contributed by atoms with van der Waals surface area (Å²) in [6.07, 6.45) is 3.17. The Balaban J connectivity index is 2.35. The molecule has 0 spiro atoms. The molecule has 1 aliphatic heterocycles. The lowest BCUT2D eigenvalue weighted by Crippen LogP contribution is -2.34. The topological polar surface area (TPSA) is 72.8 Å². The van der Waals surface area contributed by atoms with Crippen molar-refractivity contribution < 1.29 is 24.2 Å². The maximum Gasteiger partial charge on any atom is 0.334 e. The average molecular weight is 348 g/mol. The summed E-state index contributed by atoms with van der Waals surface area (Å²) in [7, 11) is 0. The Labute approximate surface area is 149 Å². The summed E-state index contributed by atoms with van der Waals surface area (Å²) in [4.78, 5) is 24.3. The molecule has 1 saturated heterocycles. The van der Waals surface area contributed by atoms with Gasteiger partial charge in [-0.15, -0.1) is 0 Å². The summed E-state index contributed by atoms with van der Waals surface area (Å²) in [6.45, 7) is 11.5. The number of aliphatic hydroxyl groups is 1. The van der Waals surface area contributed by atoms with Gasteiger partial charge in [-0.2, -0.15) is 0 Å². The van der Waals surface area contributed by atoms with Gasteiger partial charge in [-0.3, -0.25) is 4.79 Å². The van der Waals surface area contributed by atoms with E-state index < -0.39 is 30.2 Å². The van der Waals surface area contributed by atoms with Crippen molar-refractivity contribution >= 4 is 11.9 Å². The fraction of sp³-hybridized carbons (Fsp3) is 0.600. The first kappa shape index (κ1) is 19.4. The maximum atomic E-state index is 12.2. The van der Waals surface area contributed by atoms with Crippen molar-refractivity contribution in [1.82, 2.24) is 0 Å². The molecule has 0 bridgehead atoms. The molecule has 138 valence electrons. The molecule has 5 nitrogen and oxygen atoms in total. The third kappa shape index (κ3) is 5.05. The summed E-state index contributed by atoms with van der Waals surface area (Å²) in [5.41, 5.74) is 2.17. The van der Waals surface area contributed by atoms with E-state index in [9.17, 15) is 14.7 Å². The fourth-order valence-electron chi connectivity index (χ4n) is 3.42. The van der Waals surface area contributed by atoms with Crippen molar-refractivity contribution in [2.24, 2.45) is 11.8 Å². The normalized spacial score (nSPS) is 30.3. The van der Waals surface area contributed by atoms with Gasteiger partial charge in [-0.05, 0) is 32.3 Å². The minimum absolute atomic E-state index is 0.188. The van der Waals surface area contributed by atoms with Crippen LogP contribution in [0.1, 0.15) is 47.0 Å². The lowest BCUT2D eigenvalue weighted by molar-refractivity contribution is -0.152. The quantitative estimate of drug-likeness (QED) is 0.482. The first-order valence-electron chi connectivity index (χ1n) is 8.79. The van der Waals surface area contributed by atoms with Crippen LogP contribution in [0.15, 0.2) is 35.5 Å². The Morgan fingerprint density at radius 2 is 1.96 bits per heavy atom. The van der Waals surface area contributed by atoms with Crippen molar-refractivity contribution in [2.45, 2.75) is 65.3 Å². The van der Waals surface area contributed by atoms with Gasteiger partial charge >= 0.3 is 11.9 Å². The molecule has 25 heavy (non-hydrogen) atoms. The standard InChI is InChI=1S/C20H28O5/c1-11(2)6-18(22)24-16-9-12(3)7-15(21)8-13(4)10-17-19(16)14(5)20(23)25-17/h7,10-11,15-17,19,21H,5-6,8-9H2,1-4H3. The molecule has 0 aromatic heterocycles. The minimum atomic E-state index is -0.611. The summed E-state index contributed by atoms with van der Waals surface area (Å²) >= 11 is 0. The van der Waals surface area contributed by atoms with E-state index in [0.717, 1.165) is 11.1 Å². The van der Waals surface area contributed by atoms with E-state index in [0.29, 0.717) is 24.8 Å². The summed E-state index contributed by atoms with van der Waals surface area (Å²) in [5, 5.41) is 10.2. The van der Waals surface area contributed by atoms with Gasteiger partial charge in [-0.1, -0.05) is 37.6 Å². The maximum absolute atomic E-state index is 12.2. The van der Waals surface area contributed by atoms with Crippen LogP contribution in [0.25, 0.3) is 0 Å². The van der Waals surface area contributed by atoms with Gasteiger partial charge < -0.3 is 14.6 Å². The Morgan fingerprint density at radius 1 is 1.32 bits per heavy atom. The molecule has 0 aromatic carbocycles. The predicted octanol–water partition coefficient (Wildman–Crippen LogP) is 3.09. The Kier molecular flexibility index (Phi) is 6.22. The molecule has 5 heteroatoms. The second-order valence-electron chi connectivity index (χ2n) is 7.55. The van der Waals surface area contributed by atoms with E-state index in [1.54, 1.807) is 6.08 Å². The van der Waals surface area contributed by atoms with E-state index >= 15 is 0 Å². The smallest absolute Gasteiger partial charge is 0.334 e. The zero-order valence-corrected chi connectivity index (χ0v) is 15.5. The first-order valence-corrected chi connectivity index (χ1v) is 8.79. The van der Waals surface area contributed by atoms with Crippen LogP contribution in [0.5, 0.6) is 0 Å². The van der Waals surface area contributed by atoms with Crippen molar-refractivity contribution in [3.63, 3.8) is 0 Å². The van der Waals surface area contributed by atoms with Crippen LogP contribution in [0, 0.1) is 11.8 Å². The van der Waals surface area contributed by atoms with Gasteiger partial charge in [0.05, 0.1) is 12.0 Å². The Hall–Kier alpha value is -1.88. The number of hydrogen-bond donors (Lipinski definition) is 1. The summed E-state index contributed by atoms with van der Waals surface area (Å²) in [6, 6.07) is 0. The largest absolute Gasteiger partial charge is 0.461 e. The van der Waals surface area contributed by atoms with Crippen LogP contribution < -0.4 is 0 Å². The van der Waals surface area contributed by atoms with E-state index in [2.05, 4.69) is 6.58 Å². The second-order valence-corrected chi connectivity index (χ2v) is 7.55. The average Bonchev–Trinajstić information content (AvgIpc) is 2.70. The molecule has 0 amide bonds. The lowest BCUT2D eigenvalue weighted by atomic mass is 9.85. The zero-order valence-electron chi connectivity index (χ0n) is 15.5. The predicted molar refractivity (Wildman–Crippen MR) is 94.6 cm³/mol. The van der Waals surface area contributed by atoms with Crippen LogP contribution in [0.2, 0.25) is 0 Å². The van der Waals surface area contributed by atoms with Crippen LogP contribution in [0.4, 0.5) is 0 Å². The summed E-state index contributed by atoms with van der Waals surface area (Å²) < 4.78 is 11.2. The minimum Gasteiger partial charge on any atom is -0.461 e. The van der Waals surface area contributed by atoms with Crippen molar-refractivity contribution in [2.75, 3.05) is 0 Å². The number of carbonyl (C=O) groups excluding carboxylic acids is 2. The third-order valence-electron chi connectivity index (χ3n) is 4.50. The lowest BCUT2D eigenvalue weighted by Gasteiger charge is -2.28. The molecular formula is C20H28O5. The highest BCUT2D eigenvalue weighted by Crippen LogP contribution is 2.36. The van der Waals surface area contributed by atoms with Gasteiger partial charge in [-0.25, -0.2) is 4.79 Å². The number of aliphatic hydroxyl groups excluding tert-OH is 1. The van der Waals surface area contributed by atoms with Crippen molar-refractivity contribution in [1.29, 1.82) is 0 Å². The number of hydrogen-bond acceptors (Lipinski definition) is 5. The Morgan fingerprint density at radius 3 is 2.60 bits per heavy atom. The molecule has 0 aromatic rings. The van der Waals surface area contributed by atoms with Gasteiger partial charge in [0.1, 0.15) is 12.2 Å². The van der Waals surface area contributed by atoms with E-state index in [1.165, 1.54) is 0 Å². The Bertz CT molecular complexity index is 614. The van der Waals surface area contributed by atoms with Crippen molar-refractivity contribution in [3.8, 4) is 0 Å². The van der Waals surface area contributed by atoms with E-state index in [4.69, 9.17) is 9.47 Å². The molecule has 2 aliphatic rings. The molecule has 1 N–H and O–H groups in total. The molecule has 0 radical (unpaired) electrons. The molecular weight excluding hydrogens is 320 g/mol. The highest BCUT2D eigenvalue weighted by atomic mass is 16.6. The van der Waals surface area contributed by atoms with Gasteiger partial charge in [0.2, 0.25) is 0 Å². The molecule has 1 aliphatic carbocycles. The SMILES string of the molecule is C=C1C(=O)OC2C=C(C)CC(O)C=C(C)CC(OC(=O)CC(C)C)C12. The first-order chi connectivity index (χ1) is 11.7. The fourth-order valence-corrected chi connectivity index (χ4v) is 3.42. The van der Waals surface area contributed by atoms with Crippen LogP contribution >= 0.6 is 0 Å². The number of carbonyl (C=O) groups is 2. The molecule has 2 rings (SSSR count). The molecule has 1 fully saturated rings. The van der Waals surface area contributed by atoms with Crippen LogP contribution in [0.3, 0.4) is 0 Å². The third-order valence-corrected chi connectivity index (χ3v) is 4.50. The zero-order chi connectivity index (χ0) is 18.7. The van der Waals surface area contributed by atoms with Crippen LogP contribution in [-0.2, 0) is 19.1 Å². The number of ether oxygens (including phenoxy) is 2. The second kappa shape index (κ2) is 8.00. The molecule has 4 unspecified atom stereocenters. The van der Waals surface area contributed by atoms with Gasteiger partial charge in [0.25, 0.3) is 0 Å². The summed E-state index contributed by atoms with van der Waals surface area (Å²) in [5.74, 6) is -0.965.